The average Bonchev–Trinajstić information content (AvgIpc) is 3.13. The first-order valence-corrected chi connectivity index (χ1v) is 8.57. The molecule has 0 saturated carbocycles. The minimum absolute atomic E-state index is 0.0363. The van der Waals surface area contributed by atoms with Crippen molar-refractivity contribution in [2.24, 2.45) is 0 Å². The molecule has 0 amide bonds. The van der Waals surface area contributed by atoms with Crippen molar-refractivity contribution in [3.05, 3.63) is 88.2 Å². The van der Waals surface area contributed by atoms with Crippen LogP contribution in [0.5, 0.6) is 5.75 Å². The summed E-state index contributed by atoms with van der Waals surface area (Å²) in [7, 11) is 1.65. The smallest absolute Gasteiger partial charge is 0.185 e. The summed E-state index contributed by atoms with van der Waals surface area (Å²) in [6.07, 6.45) is 7.04. The van der Waals surface area contributed by atoms with Crippen molar-refractivity contribution in [3.8, 4) is 5.75 Å². The molecule has 0 fully saturated rings. The number of carbonyl (C=O) groups excluding carboxylic acids is 1. The third-order valence-corrected chi connectivity index (χ3v) is 4.23. The highest BCUT2D eigenvalue weighted by molar-refractivity contribution is 9.10. The number of nitrogens with zero attached hydrogens (tertiary/aromatic N) is 2. The lowest BCUT2D eigenvalue weighted by atomic mass is 10.1. The molecule has 25 heavy (non-hydrogen) atoms. The van der Waals surface area contributed by atoms with Crippen molar-refractivity contribution in [3.63, 3.8) is 0 Å². The number of methoxy groups -OCH3 is 1. The molecule has 5 heteroatoms. The van der Waals surface area contributed by atoms with Gasteiger partial charge in [0.1, 0.15) is 5.75 Å². The van der Waals surface area contributed by atoms with Crippen molar-refractivity contribution in [1.29, 1.82) is 0 Å². The topological polar surface area (TPSA) is 44.1 Å². The zero-order valence-corrected chi connectivity index (χ0v) is 15.3. The van der Waals surface area contributed by atoms with Crippen LogP contribution in [0.4, 0.5) is 0 Å². The molecule has 0 aliphatic carbocycles. The number of carbonyl (C=O) groups is 1. The summed E-state index contributed by atoms with van der Waals surface area (Å²) in [6.45, 7) is 0.609. The van der Waals surface area contributed by atoms with Gasteiger partial charge in [0, 0.05) is 28.0 Å². The fourth-order valence-electron chi connectivity index (χ4n) is 2.50. The number of ketones is 1. The zero-order chi connectivity index (χ0) is 17.6. The normalized spacial score (nSPS) is 11.0. The van der Waals surface area contributed by atoms with E-state index in [1.165, 1.54) is 0 Å². The number of benzene rings is 2. The van der Waals surface area contributed by atoms with Crippen LogP contribution in [0, 0.1) is 0 Å². The fraction of sp³-hybridized carbons (Fsp3) is 0.100. The number of rotatable bonds is 6. The minimum Gasteiger partial charge on any atom is -0.496 e. The molecule has 2 aromatic carbocycles. The van der Waals surface area contributed by atoms with E-state index >= 15 is 0 Å². The summed E-state index contributed by atoms with van der Waals surface area (Å²) < 4.78 is 8.14. The van der Waals surface area contributed by atoms with E-state index < -0.39 is 0 Å². The standard InChI is InChI=1S/C20H17BrN2O2/c1-25-20-9-7-15(12-17(20)14-23-11-3-10-22-23)6-8-19(24)16-4-2-5-18(21)13-16/h2-13H,14H2,1H3/b8-6+. The molecule has 0 spiro atoms. The van der Waals surface area contributed by atoms with Crippen molar-refractivity contribution < 1.29 is 9.53 Å². The molecule has 0 N–H and O–H groups in total. The minimum atomic E-state index is -0.0363. The molecule has 0 aliphatic rings. The van der Waals surface area contributed by atoms with E-state index in [-0.39, 0.29) is 5.78 Å². The van der Waals surface area contributed by atoms with Crippen molar-refractivity contribution >= 4 is 27.8 Å². The van der Waals surface area contributed by atoms with E-state index in [2.05, 4.69) is 21.0 Å². The third kappa shape index (κ3) is 4.45. The second kappa shape index (κ2) is 7.94. The Morgan fingerprint density at radius 1 is 1.24 bits per heavy atom. The Morgan fingerprint density at radius 2 is 2.12 bits per heavy atom. The van der Waals surface area contributed by atoms with Crippen molar-refractivity contribution in [2.75, 3.05) is 7.11 Å². The molecule has 1 heterocycles. The molecule has 0 aliphatic heterocycles. The van der Waals surface area contributed by atoms with Gasteiger partial charge in [0.15, 0.2) is 5.78 Å². The maximum absolute atomic E-state index is 12.3. The fourth-order valence-corrected chi connectivity index (χ4v) is 2.90. The summed E-state index contributed by atoms with van der Waals surface area (Å²) in [5.74, 6) is 0.761. The van der Waals surface area contributed by atoms with Crippen LogP contribution in [0.15, 0.2) is 71.5 Å². The van der Waals surface area contributed by atoms with Crippen LogP contribution in [0.1, 0.15) is 21.5 Å². The van der Waals surface area contributed by atoms with E-state index in [1.807, 2.05) is 59.4 Å². The Hall–Kier alpha value is -2.66. The number of halogens is 1. The van der Waals surface area contributed by atoms with Crippen molar-refractivity contribution in [1.82, 2.24) is 9.78 Å². The Kier molecular flexibility index (Phi) is 5.46. The van der Waals surface area contributed by atoms with E-state index in [9.17, 15) is 4.79 Å². The lowest BCUT2D eigenvalue weighted by molar-refractivity contribution is 0.104. The number of hydrogen-bond acceptors (Lipinski definition) is 3. The second-order valence-electron chi connectivity index (χ2n) is 5.48. The number of aromatic nitrogens is 2. The van der Waals surface area contributed by atoms with E-state index in [0.717, 1.165) is 21.3 Å². The van der Waals surface area contributed by atoms with Gasteiger partial charge < -0.3 is 4.74 Å². The van der Waals surface area contributed by atoms with E-state index in [4.69, 9.17) is 4.74 Å². The summed E-state index contributed by atoms with van der Waals surface area (Å²) in [5.41, 5.74) is 2.59. The maximum Gasteiger partial charge on any atom is 0.185 e. The predicted octanol–water partition coefficient (Wildman–Crippen LogP) is 4.60. The molecular formula is C20H17BrN2O2. The summed E-state index contributed by atoms with van der Waals surface area (Å²) in [5, 5.41) is 4.22. The first kappa shape index (κ1) is 17.2. The van der Waals surface area contributed by atoms with Gasteiger partial charge >= 0.3 is 0 Å². The largest absolute Gasteiger partial charge is 0.496 e. The second-order valence-corrected chi connectivity index (χ2v) is 6.40. The molecule has 3 rings (SSSR count). The molecular weight excluding hydrogens is 380 g/mol. The van der Waals surface area contributed by atoms with Gasteiger partial charge in [-0.05, 0) is 42.0 Å². The third-order valence-electron chi connectivity index (χ3n) is 3.73. The van der Waals surface area contributed by atoms with Crippen LogP contribution in [0.25, 0.3) is 6.08 Å². The van der Waals surface area contributed by atoms with Gasteiger partial charge in [-0.3, -0.25) is 9.48 Å². The molecule has 4 nitrogen and oxygen atoms in total. The maximum atomic E-state index is 12.3. The quantitative estimate of drug-likeness (QED) is 0.451. The molecule has 0 bridgehead atoms. The van der Waals surface area contributed by atoms with Crippen LogP contribution in [0.2, 0.25) is 0 Å². The molecule has 0 saturated heterocycles. The Bertz CT molecular complexity index is 902. The van der Waals surface area contributed by atoms with Crippen LogP contribution in [-0.2, 0) is 6.54 Å². The molecule has 1 aromatic heterocycles. The average molecular weight is 397 g/mol. The lowest BCUT2D eigenvalue weighted by Gasteiger charge is -2.09. The Labute approximate surface area is 154 Å². The highest BCUT2D eigenvalue weighted by Gasteiger charge is 2.06. The van der Waals surface area contributed by atoms with Crippen LogP contribution in [-0.4, -0.2) is 22.7 Å². The highest BCUT2D eigenvalue weighted by atomic mass is 79.9. The summed E-state index contributed by atoms with van der Waals surface area (Å²) >= 11 is 3.38. The van der Waals surface area contributed by atoms with Gasteiger partial charge in [-0.15, -0.1) is 0 Å². The van der Waals surface area contributed by atoms with Crippen LogP contribution < -0.4 is 4.74 Å². The predicted molar refractivity (Wildman–Crippen MR) is 102 cm³/mol. The SMILES string of the molecule is COc1ccc(/C=C/C(=O)c2cccc(Br)c2)cc1Cn1cccn1. The van der Waals surface area contributed by atoms with Gasteiger partial charge in [-0.25, -0.2) is 0 Å². The number of allylic oxidation sites excluding steroid dienone is 1. The Balaban J connectivity index is 1.81. The first-order chi connectivity index (χ1) is 12.2. The monoisotopic (exact) mass is 396 g/mol. The Morgan fingerprint density at radius 3 is 2.84 bits per heavy atom. The lowest BCUT2D eigenvalue weighted by Crippen LogP contribution is -2.02. The van der Waals surface area contributed by atoms with Gasteiger partial charge in [-0.2, -0.15) is 5.10 Å². The van der Waals surface area contributed by atoms with Crippen LogP contribution in [0.3, 0.4) is 0 Å². The molecule has 0 radical (unpaired) electrons. The zero-order valence-electron chi connectivity index (χ0n) is 13.7. The van der Waals surface area contributed by atoms with Gasteiger partial charge in [0.2, 0.25) is 0 Å². The highest BCUT2D eigenvalue weighted by Crippen LogP contribution is 2.22. The van der Waals surface area contributed by atoms with Gasteiger partial charge in [0.25, 0.3) is 0 Å². The molecule has 126 valence electrons. The molecule has 0 unspecified atom stereocenters. The van der Waals surface area contributed by atoms with Gasteiger partial charge in [-0.1, -0.05) is 40.2 Å². The van der Waals surface area contributed by atoms with E-state index in [1.54, 1.807) is 25.4 Å². The number of ether oxygens (including phenoxy) is 1. The number of hydrogen-bond donors (Lipinski definition) is 0. The van der Waals surface area contributed by atoms with Crippen LogP contribution >= 0.6 is 15.9 Å². The summed E-state index contributed by atoms with van der Waals surface area (Å²) in [4.78, 5) is 12.3. The van der Waals surface area contributed by atoms with Crippen molar-refractivity contribution in [2.45, 2.75) is 6.54 Å². The molecule has 0 atom stereocenters. The van der Waals surface area contributed by atoms with Gasteiger partial charge in [0.05, 0.1) is 13.7 Å². The molecule has 3 aromatic rings. The first-order valence-electron chi connectivity index (χ1n) is 7.78. The summed E-state index contributed by atoms with van der Waals surface area (Å²) in [6, 6.07) is 15.1. The van der Waals surface area contributed by atoms with E-state index in [0.29, 0.717) is 12.1 Å².